The van der Waals surface area contributed by atoms with E-state index < -0.39 is 16.1 Å². The fourth-order valence-corrected chi connectivity index (χ4v) is 4.62. The first kappa shape index (κ1) is 23.6. The molecular formula is C24H27N5O4S. The van der Waals surface area contributed by atoms with E-state index in [0.717, 1.165) is 22.3 Å². The van der Waals surface area contributed by atoms with Gasteiger partial charge in [0.2, 0.25) is 0 Å². The molecule has 0 spiro atoms. The number of aromatic amines is 1. The second kappa shape index (κ2) is 10.1. The number of aliphatic hydroxyl groups excluding tert-OH is 1. The van der Waals surface area contributed by atoms with Crippen LogP contribution in [0.25, 0.3) is 10.9 Å². The van der Waals surface area contributed by atoms with E-state index in [-0.39, 0.29) is 11.4 Å². The zero-order valence-corrected chi connectivity index (χ0v) is 19.5. The van der Waals surface area contributed by atoms with Crippen molar-refractivity contribution in [3.63, 3.8) is 0 Å². The van der Waals surface area contributed by atoms with Crippen LogP contribution in [0, 0.1) is 6.92 Å². The van der Waals surface area contributed by atoms with Gasteiger partial charge in [0.1, 0.15) is 12.4 Å². The molecule has 1 aromatic heterocycles. The summed E-state index contributed by atoms with van der Waals surface area (Å²) in [5.74, 6) is 0.724. The molecule has 10 heteroatoms. The van der Waals surface area contributed by atoms with Gasteiger partial charge in [-0.05, 0) is 55.0 Å². The molecule has 34 heavy (non-hydrogen) atoms. The van der Waals surface area contributed by atoms with E-state index >= 15 is 0 Å². The molecule has 0 aliphatic rings. The Morgan fingerprint density at radius 2 is 1.94 bits per heavy atom. The summed E-state index contributed by atoms with van der Waals surface area (Å²) in [5, 5.41) is 21.9. The highest BCUT2D eigenvalue weighted by Gasteiger charge is 2.15. The molecule has 0 aliphatic carbocycles. The van der Waals surface area contributed by atoms with E-state index in [1.165, 1.54) is 12.1 Å². The van der Waals surface area contributed by atoms with E-state index in [4.69, 9.17) is 10.5 Å². The molecule has 178 valence electrons. The van der Waals surface area contributed by atoms with Crippen LogP contribution in [0.5, 0.6) is 5.75 Å². The van der Waals surface area contributed by atoms with Crippen molar-refractivity contribution < 1.29 is 18.3 Å². The fourth-order valence-electron chi connectivity index (χ4n) is 3.52. The number of rotatable bonds is 10. The molecule has 9 nitrogen and oxygen atoms in total. The zero-order valence-electron chi connectivity index (χ0n) is 18.7. The number of hydrogen-bond donors (Lipinski definition) is 5. The van der Waals surface area contributed by atoms with Gasteiger partial charge in [0.05, 0.1) is 16.5 Å². The number of nitrogens with two attached hydrogens (primary N) is 1. The lowest BCUT2D eigenvalue weighted by Crippen LogP contribution is -2.26. The normalized spacial score (nSPS) is 12.5. The number of hydrogen-bond acceptors (Lipinski definition) is 7. The Hall–Kier alpha value is -3.60. The Morgan fingerprint density at radius 3 is 2.76 bits per heavy atom. The number of aryl methyl sites for hydroxylation is 1. The summed E-state index contributed by atoms with van der Waals surface area (Å²) >= 11 is 0. The van der Waals surface area contributed by atoms with Crippen LogP contribution < -0.4 is 20.5 Å². The molecule has 4 aromatic rings. The molecule has 0 fully saturated rings. The fraction of sp³-hybridized carbons (Fsp3) is 0.208. The summed E-state index contributed by atoms with van der Waals surface area (Å²) in [4.78, 5) is 0.0710. The number of anilines is 2. The third-order valence-corrected chi connectivity index (χ3v) is 6.67. The molecule has 0 saturated carbocycles. The number of fused-ring (bicyclic) bond motifs is 1. The third kappa shape index (κ3) is 5.66. The number of sulfonamides is 1. The average Bonchev–Trinajstić information content (AvgIpc) is 3.18. The number of aliphatic hydroxyl groups is 1. The largest absolute Gasteiger partial charge is 0.492 e. The Balaban J connectivity index is 1.27. The van der Waals surface area contributed by atoms with Crippen molar-refractivity contribution in [3.05, 3.63) is 78.0 Å². The Labute approximate surface area is 198 Å². The maximum absolute atomic E-state index is 12.6. The van der Waals surface area contributed by atoms with E-state index in [1.807, 2.05) is 25.1 Å². The molecule has 0 unspecified atom stereocenters. The first-order chi connectivity index (χ1) is 16.3. The van der Waals surface area contributed by atoms with Crippen molar-refractivity contribution in [2.24, 2.45) is 0 Å². The van der Waals surface area contributed by atoms with Crippen molar-refractivity contribution in [2.45, 2.75) is 17.9 Å². The highest BCUT2D eigenvalue weighted by molar-refractivity contribution is 7.92. The maximum atomic E-state index is 12.6. The molecule has 0 bridgehead atoms. The van der Waals surface area contributed by atoms with Gasteiger partial charge in [-0.1, -0.05) is 18.2 Å². The molecule has 3 aromatic carbocycles. The van der Waals surface area contributed by atoms with Gasteiger partial charge in [-0.15, -0.1) is 0 Å². The van der Waals surface area contributed by atoms with Gasteiger partial charge < -0.3 is 20.9 Å². The number of nitrogens with zero attached hydrogens (tertiary/aromatic N) is 1. The van der Waals surface area contributed by atoms with E-state index in [1.54, 1.807) is 36.4 Å². The molecule has 0 amide bonds. The topological polar surface area (TPSA) is 142 Å². The van der Waals surface area contributed by atoms with Crippen LogP contribution >= 0.6 is 0 Å². The van der Waals surface area contributed by atoms with Gasteiger partial charge in [-0.25, -0.2) is 8.42 Å². The summed E-state index contributed by atoms with van der Waals surface area (Å²) in [6.45, 7) is 3.19. The number of ether oxygens (including phenoxy) is 1. The molecule has 1 heterocycles. The lowest BCUT2D eigenvalue weighted by atomic mass is 10.1. The van der Waals surface area contributed by atoms with Crippen molar-refractivity contribution in [3.8, 4) is 5.75 Å². The van der Waals surface area contributed by atoms with Crippen LogP contribution in [-0.4, -0.2) is 43.4 Å². The number of nitrogen functional groups attached to an aromatic ring is 1. The van der Waals surface area contributed by atoms with Crippen LogP contribution in [0.2, 0.25) is 0 Å². The lowest BCUT2D eigenvalue weighted by molar-refractivity contribution is 0.172. The maximum Gasteiger partial charge on any atom is 0.261 e. The Bertz CT molecular complexity index is 1390. The highest BCUT2D eigenvalue weighted by atomic mass is 32.2. The van der Waals surface area contributed by atoms with Gasteiger partial charge in [0, 0.05) is 41.6 Å². The van der Waals surface area contributed by atoms with Gasteiger partial charge in [0.25, 0.3) is 10.0 Å². The first-order valence-electron chi connectivity index (χ1n) is 10.8. The van der Waals surface area contributed by atoms with Crippen LogP contribution in [0.1, 0.15) is 17.4 Å². The Morgan fingerprint density at radius 1 is 1.12 bits per heavy atom. The van der Waals surface area contributed by atoms with Crippen LogP contribution in [0.4, 0.5) is 11.4 Å². The van der Waals surface area contributed by atoms with Gasteiger partial charge in [-0.3, -0.25) is 9.82 Å². The summed E-state index contributed by atoms with van der Waals surface area (Å²) in [7, 11) is -3.79. The van der Waals surface area contributed by atoms with E-state index in [2.05, 4.69) is 20.2 Å². The molecule has 0 radical (unpaired) electrons. The second-order valence-corrected chi connectivity index (χ2v) is 9.58. The third-order valence-electron chi connectivity index (χ3n) is 5.29. The molecule has 0 saturated heterocycles. The Kier molecular flexibility index (Phi) is 7.01. The standard InChI is InChI=1S/C24H27N5O4S/c1-16-22-9-8-20(14-23(22)28-27-16)33-11-10-26-15-24(30)17-4-2-6-19(12-17)29-34(31,32)21-7-3-5-18(25)13-21/h2-9,12-14,24,26,29-30H,10-11,15,25H2,1H3,(H,27,28)/t24-/m0/s1. The summed E-state index contributed by atoms with van der Waals surface area (Å²) in [6.07, 6.45) is -0.819. The molecule has 6 N–H and O–H groups in total. The molecule has 4 rings (SSSR count). The second-order valence-electron chi connectivity index (χ2n) is 7.90. The quantitative estimate of drug-likeness (QED) is 0.173. The van der Waals surface area contributed by atoms with E-state index in [9.17, 15) is 13.5 Å². The predicted octanol–water partition coefficient (Wildman–Crippen LogP) is 2.96. The zero-order chi connectivity index (χ0) is 24.1. The number of H-pyrrole nitrogens is 1. The van der Waals surface area contributed by atoms with Gasteiger partial charge in [-0.2, -0.15) is 5.10 Å². The van der Waals surface area contributed by atoms with Crippen molar-refractivity contribution >= 4 is 32.3 Å². The predicted molar refractivity (Wildman–Crippen MR) is 132 cm³/mol. The number of aromatic nitrogens is 2. The summed E-state index contributed by atoms with van der Waals surface area (Å²) in [6, 6.07) is 18.5. The van der Waals surface area contributed by atoms with Gasteiger partial charge >= 0.3 is 0 Å². The van der Waals surface area contributed by atoms with Crippen LogP contribution in [-0.2, 0) is 10.0 Å². The number of benzene rings is 3. The monoisotopic (exact) mass is 481 g/mol. The lowest BCUT2D eigenvalue weighted by Gasteiger charge is -2.15. The van der Waals surface area contributed by atoms with Crippen LogP contribution in [0.3, 0.4) is 0 Å². The minimum Gasteiger partial charge on any atom is -0.492 e. The smallest absolute Gasteiger partial charge is 0.261 e. The minimum atomic E-state index is -3.79. The summed E-state index contributed by atoms with van der Waals surface area (Å²) in [5.41, 5.74) is 8.85. The van der Waals surface area contributed by atoms with Crippen LogP contribution in [0.15, 0.2) is 71.6 Å². The summed E-state index contributed by atoms with van der Waals surface area (Å²) < 4.78 is 33.5. The van der Waals surface area contributed by atoms with Gasteiger partial charge in [0.15, 0.2) is 0 Å². The van der Waals surface area contributed by atoms with E-state index in [0.29, 0.717) is 30.1 Å². The molecule has 0 aliphatic heterocycles. The molecule has 1 atom stereocenters. The SMILES string of the molecule is Cc1[nH]nc2cc(OCCNC[C@H](O)c3cccc(NS(=O)(=O)c4cccc(N)c4)c3)ccc12. The van der Waals surface area contributed by atoms with Crippen molar-refractivity contribution in [2.75, 3.05) is 30.2 Å². The number of nitrogens with one attached hydrogen (secondary N) is 3. The average molecular weight is 482 g/mol. The van der Waals surface area contributed by atoms with Crippen molar-refractivity contribution in [1.29, 1.82) is 0 Å². The highest BCUT2D eigenvalue weighted by Crippen LogP contribution is 2.22. The first-order valence-corrected chi connectivity index (χ1v) is 12.2. The van der Waals surface area contributed by atoms with Crippen molar-refractivity contribution in [1.82, 2.24) is 15.5 Å². The molecular weight excluding hydrogens is 454 g/mol. The minimum absolute atomic E-state index is 0.0710.